The van der Waals surface area contributed by atoms with Crippen molar-refractivity contribution in [2.24, 2.45) is 5.73 Å². The first-order valence-electron chi connectivity index (χ1n) is 4.64. The maximum Gasteiger partial charge on any atom is 0.0380 e. The molecule has 0 fully saturated rings. The lowest BCUT2D eigenvalue weighted by molar-refractivity contribution is 0.695. The van der Waals surface area contributed by atoms with E-state index >= 15 is 0 Å². The number of hydrogen-bond donors (Lipinski definition) is 1. The van der Waals surface area contributed by atoms with Gasteiger partial charge in [-0.3, -0.25) is 0 Å². The molecule has 0 aromatic heterocycles. The fourth-order valence-corrected chi connectivity index (χ4v) is 1.19. The highest BCUT2D eigenvalue weighted by atomic mass is 15.1. The molecule has 0 aliphatic heterocycles. The predicted molar refractivity (Wildman–Crippen MR) is 58.1 cm³/mol. The summed E-state index contributed by atoms with van der Waals surface area (Å²) >= 11 is 0. The monoisotopic (exact) mass is 178 g/mol. The Kier molecular flexibility index (Phi) is 3.32. The average molecular weight is 178 g/mol. The van der Waals surface area contributed by atoms with Crippen LogP contribution >= 0.6 is 0 Å². The Morgan fingerprint density at radius 1 is 1.31 bits per heavy atom. The van der Waals surface area contributed by atoms with Crippen molar-refractivity contribution in [2.75, 3.05) is 18.5 Å². The van der Waals surface area contributed by atoms with Gasteiger partial charge < -0.3 is 10.6 Å². The van der Waals surface area contributed by atoms with Crippen LogP contribution in [-0.2, 0) is 0 Å². The van der Waals surface area contributed by atoms with Crippen LogP contribution in [0.4, 0.5) is 5.69 Å². The van der Waals surface area contributed by atoms with Crippen LogP contribution in [0.25, 0.3) is 0 Å². The first-order chi connectivity index (χ1) is 6.15. The molecule has 1 rings (SSSR count). The van der Waals surface area contributed by atoms with E-state index in [4.69, 9.17) is 5.73 Å². The number of benzene rings is 1. The van der Waals surface area contributed by atoms with E-state index < -0.39 is 0 Å². The SMILES string of the molecule is Cc1ccc(N(C)C(C)CN)cc1. The molecule has 2 N–H and O–H groups in total. The van der Waals surface area contributed by atoms with Gasteiger partial charge in [-0.05, 0) is 26.0 Å². The highest BCUT2D eigenvalue weighted by Gasteiger charge is 2.06. The maximum absolute atomic E-state index is 5.60. The lowest BCUT2D eigenvalue weighted by atomic mass is 10.2. The molecule has 2 nitrogen and oxygen atoms in total. The molecule has 0 saturated heterocycles. The van der Waals surface area contributed by atoms with Gasteiger partial charge in [-0.1, -0.05) is 17.7 Å². The molecule has 13 heavy (non-hydrogen) atoms. The van der Waals surface area contributed by atoms with Crippen molar-refractivity contribution in [1.82, 2.24) is 0 Å². The zero-order chi connectivity index (χ0) is 9.84. The summed E-state index contributed by atoms with van der Waals surface area (Å²) in [5.74, 6) is 0. The van der Waals surface area contributed by atoms with Gasteiger partial charge in [-0.15, -0.1) is 0 Å². The van der Waals surface area contributed by atoms with E-state index in [1.165, 1.54) is 11.3 Å². The van der Waals surface area contributed by atoms with Gasteiger partial charge in [0.25, 0.3) is 0 Å². The molecule has 72 valence electrons. The van der Waals surface area contributed by atoms with E-state index in [0.717, 1.165) is 0 Å². The van der Waals surface area contributed by atoms with Crippen LogP contribution in [0, 0.1) is 6.92 Å². The van der Waals surface area contributed by atoms with Gasteiger partial charge in [0.1, 0.15) is 0 Å². The predicted octanol–water partition coefficient (Wildman–Crippen LogP) is 1.78. The van der Waals surface area contributed by atoms with Gasteiger partial charge in [-0.2, -0.15) is 0 Å². The molecule has 0 aliphatic carbocycles. The van der Waals surface area contributed by atoms with Gasteiger partial charge in [0.15, 0.2) is 0 Å². The summed E-state index contributed by atoms with van der Waals surface area (Å²) in [7, 11) is 2.07. The minimum absolute atomic E-state index is 0.391. The molecule has 1 unspecified atom stereocenters. The Morgan fingerprint density at radius 3 is 2.31 bits per heavy atom. The number of nitrogens with zero attached hydrogens (tertiary/aromatic N) is 1. The Balaban J connectivity index is 2.77. The van der Waals surface area contributed by atoms with Crippen molar-refractivity contribution in [1.29, 1.82) is 0 Å². The number of likely N-dealkylation sites (N-methyl/N-ethyl adjacent to an activating group) is 1. The van der Waals surface area contributed by atoms with Gasteiger partial charge in [0, 0.05) is 25.3 Å². The van der Waals surface area contributed by atoms with Crippen LogP contribution in [0.5, 0.6) is 0 Å². The summed E-state index contributed by atoms with van der Waals surface area (Å²) in [6.45, 7) is 4.90. The second kappa shape index (κ2) is 4.28. The summed E-state index contributed by atoms with van der Waals surface area (Å²) in [5.41, 5.74) is 8.11. The highest BCUT2D eigenvalue weighted by molar-refractivity contribution is 5.47. The van der Waals surface area contributed by atoms with Crippen LogP contribution in [0.1, 0.15) is 12.5 Å². The van der Waals surface area contributed by atoms with Crippen molar-refractivity contribution in [2.45, 2.75) is 19.9 Å². The van der Waals surface area contributed by atoms with Crippen LogP contribution in [0.15, 0.2) is 24.3 Å². The normalized spacial score (nSPS) is 12.6. The van der Waals surface area contributed by atoms with Gasteiger partial charge in [-0.25, -0.2) is 0 Å². The van der Waals surface area contributed by atoms with Gasteiger partial charge >= 0.3 is 0 Å². The Morgan fingerprint density at radius 2 is 1.85 bits per heavy atom. The molecule has 0 saturated carbocycles. The van der Waals surface area contributed by atoms with Crippen LogP contribution in [-0.4, -0.2) is 19.6 Å². The second-order valence-electron chi connectivity index (χ2n) is 3.53. The zero-order valence-electron chi connectivity index (χ0n) is 8.62. The topological polar surface area (TPSA) is 29.3 Å². The molecule has 1 aromatic rings. The lowest BCUT2D eigenvalue weighted by Gasteiger charge is -2.25. The Labute approximate surface area is 80.4 Å². The summed E-state index contributed by atoms with van der Waals surface area (Å²) in [6.07, 6.45) is 0. The quantitative estimate of drug-likeness (QED) is 0.764. The van der Waals surface area contributed by atoms with Crippen molar-refractivity contribution < 1.29 is 0 Å². The number of hydrogen-bond acceptors (Lipinski definition) is 2. The molecule has 0 bridgehead atoms. The second-order valence-corrected chi connectivity index (χ2v) is 3.53. The first-order valence-corrected chi connectivity index (χ1v) is 4.64. The van der Waals surface area contributed by atoms with Crippen molar-refractivity contribution >= 4 is 5.69 Å². The molecule has 2 heteroatoms. The standard InChI is InChI=1S/C11H18N2/c1-9-4-6-11(7-5-9)13(3)10(2)8-12/h4-7,10H,8,12H2,1-3H3. The summed E-state index contributed by atoms with van der Waals surface area (Å²) in [5, 5.41) is 0. The fourth-order valence-electron chi connectivity index (χ4n) is 1.19. The molecule has 0 aliphatic rings. The molecule has 1 aromatic carbocycles. The fraction of sp³-hybridized carbons (Fsp3) is 0.455. The van der Waals surface area contributed by atoms with E-state index in [1.807, 2.05) is 0 Å². The largest absolute Gasteiger partial charge is 0.371 e. The molecule has 0 heterocycles. The molecule has 1 atom stereocenters. The van der Waals surface area contributed by atoms with Gasteiger partial charge in [0.2, 0.25) is 0 Å². The highest BCUT2D eigenvalue weighted by Crippen LogP contribution is 2.15. The molecular formula is C11H18N2. The maximum atomic E-state index is 5.60. The summed E-state index contributed by atoms with van der Waals surface area (Å²) in [4.78, 5) is 2.19. The van der Waals surface area contributed by atoms with E-state index in [-0.39, 0.29) is 0 Å². The Bertz CT molecular complexity index is 253. The average Bonchev–Trinajstić information content (AvgIpc) is 2.17. The number of rotatable bonds is 3. The summed E-state index contributed by atoms with van der Waals surface area (Å²) in [6, 6.07) is 8.88. The van der Waals surface area contributed by atoms with E-state index in [1.54, 1.807) is 0 Å². The third-order valence-electron chi connectivity index (χ3n) is 2.44. The smallest absolute Gasteiger partial charge is 0.0380 e. The van der Waals surface area contributed by atoms with Crippen LogP contribution < -0.4 is 10.6 Å². The molecule has 0 radical (unpaired) electrons. The minimum atomic E-state index is 0.391. The van der Waals surface area contributed by atoms with Crippen LogP contribution in [0.2, 0.25) is 0 Å². The third-order valence-corrected chi connectivity index (χ3v) is 2.44. The zero-order valence-corrected chi connectivity index (χ0v) is 8.62. The van der Waals surface area contributed by atoms with Gasteiger partial charge in [0.05, 0.1) is 0 Å². The summed E-state index contributed by atoms with van der Waals surface area (Å²) < 4.78 is 0. The van der Waals surface area contributed by atoms with Crippen molar-refractivity contribution in [3.05, 3.63) is 29.8 Å². The number of anilines is 1. The number of nitrogens with two attached hydrogens (primary N) is 1. The van der Waals surface area contributed by atoms with Crippen molar-refractivity contribution in [3.63, 3.8) is 0 Å². The number of aryl methyl sites for hydroxylation is 1. The molecule has 0 spiro atoms. The first kappa shape index (κ1) is 10.1. The van der Waals surface area contributed by atoms with Crippen molar-refractivity contribution in [3.8, 4) is 0 Å². The lowest BCUT2D eigenvalue weighted by Crippen LogP contribution is -2.35. The minimum Gasteiger partial charge on any atom is -0.371 e. The van der Waals surface area contributed by atoms with E-state index in [9.17, 15) is 0 Å². The van der Waals surface area contributed by atoms with E-state index in [0.29, 0.717) is 12.6 Å². The Hall–Kier alpha value is -1.02. The van der Waals surface area contributed by atoms with E-state index in [2.05, 4.69) is 50.1 Å². The molecule has 0 amide bonds. The van der Waals surface area contributed by atoms with Crippen LogP contribution in [0.3, 0.4) is 0 Å². The molecular weight excluding hydrogens is 160 g/mol. The third kappa shape index (κ3) is 2.46.